The highest BCUT2D eigenvalue weighted by Gasteiger charge is 2.13. The Labute approximate surface area is 149 Å². The van der Waals surface area contributed by atoms with E-state index in [1.807, 2.05) is 54.4 Å². The molecule has 0 bridgehead atoms. The molecule has 0 aromatic heterocycles. The summed E-state index contributed by atoms with van der Waals surface area (Å²) in [6.45, 7) is 5.29. The second-order valence-corrected chi connectivity index (χ2v) is 6.62. The van der Waals surface area contributed by atoms with Crippen molar-refractivity contribution in [2.45, 2.75) is 32.7 Å². The predicted molar refractivity (Wildman–Crippen MR) is 102 cm³/mol. The van der Waals surface area contributed by atoms with Gasteiger partial charge in [-0.25, -0.2) is 0 Å². The Bertz CT molecular complexity index is 687. The minimum absolute atomic E-state index is 0.0136. The maximum absolute atomic E-state index is 12.4. The fourth-order valence-corrected chi connectivity index (χ4v) is 2.86. The second-order valence-electron chi connectivity index (χ2n) is 6.21. The first-order valence-electron chi connectivity index (χ1n) is 8.32. The molecule has 0 aliphatic carbocycles. The summed E-state index contributed by atoms with van der Waals surface area (Å²) in [7, 11) is 1.92. The van der Waals surface area contributed by atoms with Gasteiger partial charge < -0.3 is 5.32 Å². The first kappa shape index (κ1) is 18.5. The molecule has 0 heterocycles. The molecule has 2 aromatic rings. The van der Waals surface area contributed by atoms with E-state index in [1.165, 1.54) is 5.56 Å². The molecule has 2 rings (SSSR count). The first-order chi connectivity index (χ1) is 11.5. The third kappa shape index (κ3) is 5.08. The van der Waals surface area contributed by atoms with Crippen molar-refractivity contribution < 1.29 is 4.79 Å². The van der Waals surface area contributed by atoms with E-state index >= 15 is 0 Å². The second kappa shape index (κ2) is 8.86. The van der Waals surface area contributed by atoms with Crippen LogP contribution in [0.3, 0.4) is 0 Å². The van der Waals surface area contributed by atoms with E-state index < -0.39 is 0 Å². The van der Waals surface area contributed by atoms with E-state index in [-0.39, 0.29) is 5.91 Å². The standard InChI is InChI=1S/C20H25ClN2O/c1-4-15(2)17-10-6-8-12-19(17)22-20(24)14-23(3)13-16-9-5-7-11-18(16)21/h5-12,15H,4,13-14H2,1-3H3,(H,22,24)/t15-/m0/s1. The summed E-state index contributed by atoms with van der Waals surface area (Å²) >= 11 is 6.18. The van der Waals surface area contributed by atoms with Crippen LogP contribution in [0.1, 0.15) is 37.3 Å². The minimum atomic E-state index is -0.0136. The van der Waals surface area contributed by atoms with Crippen molar-refractivity contribution in [2.75, 3.05) is 18.9 Å². The number of benzene rings is 2. The SMILES string of the molecule is CC[C@H](C)c1ccccc1NC(=O)CN(C)Cc1ccccc1Cl. The third-order valence-electron chi connectivity index (χ3n) is 4.19. The number of nitrogens with zero attached hydrogens (tertiary/aromatic N) is 1. The Morgan fingerprint density at radius 2 is 1.83 bits per heavy atom. The molecule has 4 heteroatoms. The highest BCUT2D eigenvalue weighted by molar-refractivity contribution is 6.31. The molecule has 24 heavy (non-hydrogen) atoms. The Morgan fingerprint density at radius 1 is 1.17 bits per heavy atom. The van der Waals surface area contributed by atoms with Gasteiger partial charge >= 0.3 is 0 Å². The summed E-state index contributed by atoms with van der Waals surface area (Å²) in [5, 5.41) is 3.77. The molecular formula is C20H25ClN2O. The number of rotatable bonds is 7. The molecule has 1 atom stereocenters. The van der Waals surface area contributed by atoms with Crippen molar-refractivity contribution in [1.82, 2.24) is 4.90 Å². The van der Waals surface area contributed by atoms with Gasteiger partial charge in [0.1, 0.15) is 0 Å². The quantitative estimate of drug-likeness (QED) is 0.772. The van der Waals surface area contributed by atoms with Gasteiger partial charge in [-0.05, 0) is 42.6 Å². The molecular weight excluding hydrogens is 320 g/mol. The highest BCUT2D eigenvalue weighted by Crippen LogP contribution is 2.26. The van der Waals surface area contributed by atoms with Gasteiger partial charge in [-0.15, -0.1) is 0 Å². The maximum Gasteiger partial charge on any atom is 0.238 e. The van der Waals surface area contributed by atoms with Gasteiger partial charge in [0.2, 0.25) is 5.91 Å². The average molecular weight is 345 g/mol. The number of nitrogens with one attached hydrogen (secondary N) is 1. The van der Waals surface area contributed by atoms with E-state index in [4.69, 9.17) is 11.6 Å². The van der Waals surface area contributed by atoms with Gasteiger partial charge in [-0.3, -0.25) is 9.69 Å². The van der Waals surface area contributed by atoms with Crippen molar-refractivity contribution in [3.63, 3.8) is 0 Å². The fourth-order valence-electron chi connectivity index (χ4n) is 2.67. The van der Waals surface area contributed by atoms with Crippen LogP contribution in [-0.4, -0.2) is 24.4 Å². The van der Waals surface area contributed by atoms with E-state index in [2.05, 4.69) is 25.2 Å². The van der Waals surface area contributed by atoms with Crippen LogP contribution in [0, 0.1) is 0 Å². The van der Waals surface area contributed by atoms with Gasteiger partial charge in [-0.2, -0.15) is 0 Å². The zero-order valence-electron chi connectivity index (χ0n) is 14.6. The van der Waals surface area contributed by atoms with Crippen LogP contribution in [0.2, 0.25) is 5.02 Å². The number of likely N-dealkylation sites (N-methyl/N-ethyl adjacent to an activating group) is 1. The molecule has 0 aliphatic rings. The number of hydrogen-bond acceptors (Lipinski definition) is 2. The number of hydrogen-bond donors (Lipinski definition) is 1. The molecule has 0 spiro atoms. The summed E-state index contributed by atoms with van der Waals surface area (Å²) in [4.78, 5) is 14.3. The lowest BCUT2D eigenvalue weighted by atomic mass is 9.97. The van der Waals surface area contributed by atoms with Crippen molar-refractivity contribution >= 4 is 23.2 Å². The van der Waals surface area contributed by atoms with Gasteiger partial charge in [0, 0.05) is 17.3 Å². The van der Waals surface area contributed by atoms with E-state index in [0.717, 1.165) is 22.7 Å². The largest absolute Gasteiger partial charge is 0.325 e. The Hall–Kier alpha value is -1.84. The van der Waals surface area contributed by atoms with Gasteiger partial charge in [0.15, 0.2) is 0 Å². The number of carbonyl (C=O) groups is 1. The summed E-state index contributed by atoms with van der Waals surface area (Å²) in [5.74, 6) is 0.405. The van der Waals surface area contributed by atoms with Crippen LogP contribution in [-0.2, 0) is 11.3 Å². The minimum Gasteiger partial charge on any atom is -0.325 e. The lowest BCUT2D eigenvalue weighted by molar-refractivity contribution is -0.117. The molecule has 0 saturated carbocycles. The number of anilines is 1. The van der Waals surface area contributed by atoms with Crippen molar-refractivity contribution in [2.24, 2.45) is 0 Å². The first-order valence-corrected chi connectivity index (χ1v) is 8.69. The highest BCUT2D eigenvalue weighted by atomic mass is 35.5. The van der Waals surface area contributed by atoms with E-state index in [9.17, 15) is 4.79 Å². The number of halogens is 1. The molecule has 0 saturated heterocycles. The summed E-state index contributed by atoms with van der Waals surface area (Å²) in [6, 6.07) is 15.7. The average Bonchev–Trinajstić information content (AvgIpc) is 2.56. The normalized spacial score (nSPS) is 12.2. The topological polar surface area (TPSA) is 32.3 Å². The monoisotopic (exact) mass is 344 g/mol. The van der Waals surface area contributed by atoms with E-state index in [1.54, 1.807) is 0 Å². The van der Waals surface area contributed by atoms with Crippen LogP contribution in [0.5, 0.6) is 0 Å². The van der Waals surface area contributed by atoms with Crippen LogP contribution in [0.4, 0.5) is 5.69 Å². The Balaban J connectivity index is 1.97. The molecule has 0 unspecified atom stereocenters. The van der Waals surface area contributed by atoms with Crippen molar-refractivity contribution in [3.8, 4) is 0 Å². The lowest BCUT2D eigenvalue weighted by Gasteiger charge is -2.19. The Morgan fingerprint density at radius 3 is 2.54 bits per heavy atom. The maximum atomic E-state index is 12.4. The van der Waals surface area contributed by atoms with E-state index in [0.29, 0.717) is 19.0 Å². The summed E-state index contributed by atoms with van der Waals surface area (Å²) < 4.78 is 0. The smallest absolute Gasteiger partial charge is 0.238 e. The summed E-state index contributed by atoms with van der Waals surface area (Å²) in [6.07, 6.45) is 1.04. The molecule has 2 aromatic carbocycles. The molecule has 3 nitrogen and oxygen atoms in total. The number of carbonyl (C=O) groups excluding carboxylic acids is 1. The molecule has 0 fully saturated rings. The Kier molecular flexibility index (Phi) is 6.83. The molecule has 0 radical (unpaired) electrons. The van der Waals surface area contributed by atoms with Crippen LogP contribution in [0.15, 0.2) is 48.5 Å². The molecule has 128 valence electrons. The predicted octanol–water partition coefficient (Wildman–Crippen LogP) is 4.92. The molecule has 1 amide bonds. The molecule has 0 aliphatic heterocycles. The van der Waals surface area contributed by atoms with Crippen molar-refractivity contribution in [3.05, 3.63) is 64.7 Å². The van der Waals surface area contributed by atoms with Crippen LogP contribution < -0.4 is 5.32 Å². The summed E-state index contributed by atoms with van der Waals surface area (Å²) in [5.41, 5.74) is 3.11. The van der Waals surface area contributed by atoms with Crippen molar-refractivity contribution in [1.29, 1.82) is 0 Å². The molecule has 1 N–H and O–H groups in total. The number of amides is 1. The van der Waals surface area contributed by atoms with Gasteiger partial charge in [0.25, 0.3) is 0 Å². The third-order valence-corrected chi connectivity index (χ3v) is 4.56. The van der Waals surface area contributed by atoms with Crippen LogP contribution in [0.25, 0.3) is 0 Å². The lowest BCUT2D eigenvalue weighted by Crippen LogP contribution is -2.30. The van der Waals surface area contributed by atoms with Gasteiger partial charge in [0.05, 0.1) is 6.54 Å². The fraction of sp³-hybridized carbons (Fsp3) is 0.350. The number of para-hydroxylation sites is 1. The van der Waals surface area contributed by atoms with Crippen LogP contribution >= 0.6 is 11.6 Å². The van der Waals surface area contributed by atoms with Gasteiger partial charge in [-0.1, -0.05) is 61.8 Å². The zero-order chi connectivity index (χ0) is 17.5. The zero-order valence-corrected chi connectivity index (χ0v) is 15.3.